The van der Waals surface area contributed by atoms with Gasteiger partial charge >= 0.3 is 0 Å². The van der Waals surface area contributed by atoms with Crippen LogP contribution in [0.2, 0.25) is 0 Å². The highest BCUT2D eigenvalue weighted by atomic mass is 79.9. The van der Waals surface area contributed by atoms with Crippen molar-refractivity contribution in [1.29, 1.82) is 0 Å². The fourth-order valence-electron chi connectivity index (χ4n) is 1.57. The molecule has 1 aromatic carbocycles. The van der Waals surface area contributed by atoms with E-state index in [0.29, 0.717) is 26.4 Å². The third-order valence-corrected chi connectivity index (χ3v) is 3.63. The Kier molecular flexibility index (Phi) is 9.73. The topological polar surface area (TPSA) is 27.7 Å². The quantitative estimate of drug-likeness (QED) is 0.443. The Morgan fingerprint density at radius 1 is 1.16 bits per heavy atom. The minimum absolute atomic E-state index is 0.0801. The van der Waals surface area contributed by atoms with Crippen LogP contribution in [0.25, 0.3) is 0 Å². The van der Waals surface area contributed by atoms with Crippen LogP contribution >= 0.6 is 31.9 Å². The van der Waals surface area contributed by atoms with E-state index in [4.69, 9.17) is 14.2 Å². The van der Waals surface area contributed by atoms with Gasteiger partial charge in [-0.3, -0.25) is 0 Å². The van der Waals surface area contributed by atoms with Gasteiger partial charge in [0.05, 0.1) is 19.3 Å². The summed E-state index contributed by atoms with van der Waals surface area (Å²) in [5.74, 6) is 0. The van der Waals surface area contributed by atoms with Gasteiger partial charge in [0, 0.05) is 30.1 Å². The maximum atomic E-state index is 5.86. The lowest BCUT2D eigenvalue weighted by molar-refractivity contribution is 0.0316. The average molecular weight is 396 g/mol. The van der Waals surface area contributed by atoms with Crippen LogP contribution in [0.3, 0.4) is 0 Å². The van der Waals surface area contributed by atoms with Crippen molar-refractivity contribution in [2.45, 2.75) is 12.5 Å². The largest absolute Gasteiger partial charge is 0.382 e. The molecule has 0 saturated carbocycles. The molecule has 0 spiro atoms. The highest BCUT2D eigenvalue weighted by Gasteiger charge is 2.10. The van der Waals surface area contributed by atoms with Crippen molar-refractivity contribution in [3.63, 3.8) is 0 Å². The fourth-order valence-corrected chi connectivity index (χ4v) is 2.55. The fraction of sp³-hybridized carbons (Fsp3) is 0.571. The van der Waals surface area contributed by atoms with Crippen LogP contribution in [0.15, 0.2) is 28.7 Å². The zero-order valence-electron chi connectivity index (χ0n) is 11.1. The summed E-state index contributed by atoms with van der Waals surface area (Å²) in [5.41, 5.74) is 1.17. The van der Waals surface area contributed by atoms with E-state index in [1.165, 1.54) is 5.56 Å². The second-order valence-corrected chi connectivity index (χ2v) is 5.59. The van der Waals surface area contributed by atoms with Crippen LogP contribution in [0, 0.1) is 0 Å². The molecule has 3 nitrogen and oxygen atoms in total. The summed E-state index contributed by atoms with van der Waals surface area (Å²) in [6.45, 7) is 2.68. The van der Waals surface area contributed by atoms with Crippen molar-refractivity contribution in [3.05, 3.63) is 34.3 Å². The minimum Gasteiger partial charge on any atom is -0.382 e. The predicted octanol–water partition coefficient (Wildman–Crippen LogP) is 3.95. The maximum Gasteiger partial charge on any atom is 0.0922 e. The predicted molar refractivity (Wildman–Crippen MR) is 83.9 cm³/mol. The molecule has 1 unspecified atom stereocenters. The zero-order valence-corrected chi connectivity index (χ0v) is 14.3. The molecular formula is C14H20Br2O3. The van der Waals surface area contributed by atoms with E-state index in [9.17, 15) is 0 Å². The summed E-state index contributed by atoms with van der Waals surface area (Å²) < 4.78 is 17.2. The van der Waals surface area contributed by atoms with Gasteiger partial charge in [0.1, 0.15) is 0 Å². The van der Waals surface area contributed by atoms with Crippen molar-refractivity contribution in [3.8, 4) is 0 Å². The molecule has 0 heterocycles. The van der Waals surface area contributed by atoms with Gasteiger partial charge in [-0.1, -0.05) is 44.0 Å². The number of halogens is 2. The Morgan fingerprint density at radius 3 is 2.68 bits per heavy atom. The molecular weight excluding hydrogens is 376 g/mol. The Bertz CT molecular complexity index is 347. The standard InChI is InChI=1S/C14H20Br2O3/c1-17-8-9-18-6-3-7-19-14(11-15)12-4-2-5-13(16)10-12/h2,4-5,10,14H,3,6-9,11H2,1H3. The first-order valence-electron chi connectivity index (χ1n) is 6.27. The van der Waals surface area contributed by atoms with E-state index >= 15 is 0 Å². The molecule has 0 aromatic heterocycles. The summed E-state index contributed by atoms with van der Waals surface area (Å²) in [7, 11) is 1.67. The maximum absolute atomic E-state index is 5.86. The molecule has 19 heavy (non-hydrogen) atoms. The van der Waals surface area contributed by atoms with Crippen LogP contribution in [0.5, 0.6) is 0 Å². The molecule has 0 aliphatic rings. The third kappa shape index (κ3) is 7.42. The van der Waals surface area contributed by atoms with Gasteiger partial charge in [-0.25, -0.2) is 0 Å². The summed E-state index contributed by atoms with van der Waals surface area (Å²) in [4.78, 5) is 0. The Labute approximate surface area is 131 Å². The van der Waals surface area contributed by atoms with Gasteiger partial charge in [0.15, 0.2) is 0 Å². The van der Waals surface area contributed by atoms with E-state index in [-0.39, 0.29) is 6.10 Å². The van der Waals surface area contributed by atoms with Crippen molar-refractivity contribution in [2.75, 3.05) is 38.9 Å². The number of methoxy groups -OCH3 is 1. The average Bonchev–Trinajstić information content (AvgIpc) is 2.42. The minimum atomic E-state index is 0.0801. The molecule has 5 heteroatoms. The number of hydrogen-bond donors (Lipinski definition) is 0. The van der Waals surface area contributed by atoms with E-state index in [1.54, 1.807) is 7.11 Å². The molecule has 1 aromatic rings. The molecule has 0 aliphatic heterocycles. The Hall–Kier alpha value is 0.0600. The first-order chi connectivity index (χ1) is 9.27. The lowest BCUT2D eigenvalue weighted by atomic mass is 10.1. The van der Waals surface area contributed by atoms with Crippen LogP contribution in [-0.2, 0) is 14.2 Å². The Balaban J connectivity index is 2.22. The molecule has 0 amide bonds. The third-order valence-electron chi connectivity index (χ3n) is 2.54. The Morgan fingerprint density at radius 2 is 2.00 bits per heavy atom. The summed E-state index contributed by atoms with van der Waals surface area (Å²) in [5, 5.41) is 0.786. The second-order valence-electron chi connectivity index (χ2n) is 4.03. The highest BCUT2D eigenvalue weighted by molar-refractivity contribution is 9.10. The highest BCUT2D eigenvalue weighted by Crippen LogP contribution is 2.23. The number of ether oxygens (including phenoxy) is 3. The lowest BCUT2D eigenvalue weighted by Crippen LogP contribution is -2.10. The molecule has 0 N–H and O–H groups in total. The smallest absolute Gasteiger partial charge is 0.0922 e. The number of benzene rings is 1. The molecule has 0 aliphatic carbocycles. The van der Waals surface area contributed by atoms with Crippen molar-refractivity contribution in [2.24, 2.45) is 0 Å². The monoisotopic (exact) mass is 394 g/mol. The summed E-state index contributed by atoms with van der Waals surface area (Å²) >= 11 is 6.97. The molecule has 108 valence electrons. The first-order valence-corrected chi connectivity index (χ1v) is 8.19. The summed E-state index contributed by atoms with van der Waals surface area (Å²) in [6.07, 6.45) is 0.970. The molecule has 0 bridgehead atoms. The van der Waals surface area contributed by atoms with Gasteiger partial charge in [0.2, 0.25) is 0 Å². The van der Waals surface area contributed by atoms with Crippen molar-refractivity contribution in [1.82, 2.24) is 0 Å². The van der Waals surface area contributed by atoms with Crippen molar-refractivity contribution < 1.29 is 14.2 Å². The van der Waals surface area contributed by atoms with Crippen LogP contribution in [0.1, 0.15) is 18.1 Å². The van der Waals surface area contributed by atoms with E-state index in [1.807, 2.05) is 12.1 Å². The van der Waals surface area contributed by atoms with Crippen LogP contribution < -0.4 is 0 Å². The van der Waals surface area contributed by atoms with E-state index < -0.39 is 0 Å². The first kappa shape index (κ1) is 17.1. The molecule has 1 atom stereocenters. The molecule has 1 rings (SSSR count). The van der Waals surface area contributed by atoms with E-state index in [0.717, 1.165) is 16.2 Å². The molecule has 0 radical (unpaired) electrons. The van der Waals surface area contributed by atoms with Crippen LogP contribution in [-0.4, -0.2) is 38.9 Å². The van der Waals surface area contributed by atoms with Gasteiger partial charge in [-0.15, -0.1) is 0 Å². The molecule has 0 fully saturated rings. The van der Waals surface area contributed by atoms with E-state index in [2.05, 4.69) is 44.0 Å². The van der Waals surface area contributed by atoms with Gasteiger partial charge in [0.25, 0.3) is 0 Å². The normalized spacial score (nSPS) is 12.6. The summed E-state index contributed by atoms with van der Waals surface area (Å²) in [6, 6.07) is 8.19. The van der Waals surface area contributed by atoms with Gasteiger partial charge in [-0.2, -0.15) is 0 Å². The number of alkyl halides is 1. The van der Waals surface area contributed by atoms with Gasteiger partial charge < -0.3 is 14.2 Å². The van der Waals surface area contributed by atoms with Gasteiger partial charge in [-0.05, 0) is 24.1 Å². The van der Waals surface area contributed by atoms with Crippen molar-refractivity contribution >= 4 is 31.9 Å². The second kappa shape index (κ2) is 10.8. The van der Waals surface area contributed by atoms with Crippen LogP contribution in [0.4, 0.5) is 0 Å². The number of rotatable bonds is 10. The lowest BCUT2D eigenvalue weighted by Gasteiger charge is -2.16. The number of hydrogen-bond acceptors (Lipinski definition) is 3. The molecule has 0 saturated heterocycles. The SMILES string of the molecule is COCCOCCCOC(CBr)c1cccc(Br)c1. The zero-order chi connectivity index (χ0) is 13.9.